The second-order valence-electron chi connectivity index (χ2n) is 6.30. The molecule has 2 aromatic rings. The van der Waals surface area contributed by atoms with Crippen LogP contribution >= 0.6 is 0 Å². The number of hydrogen-bond acceptors (Lipinski definition) is 4. The summed E-state index contributed by atoms with van der Waals surface area (Å²) in [6, 6.07) is 13.4. The highest BCUT2D eigenvalue weighted by Gasteiger charge is 2.27. The Balaban J connectivity index is 1.59. The molecule has 1 aliphatic heterocycles. The Labute approximate surface area is 157 Å². The molecule has 1 heterocycles. The fourth-order valence-electron chi connectivity index (χ4n) is 3.04. The van der Waals surface area contributed by atoms with Gasteiger partial charge in [0.2, 0.25) is 0 Å². The Morgan fingerprint density at radius 2 is 1.93 bits per heavy atom. The highest BCUT2D eigenvalue weighted by molar-refractivity contribution is 5.95. The smallest absolute Gasteiger partial charge is 0.319 e. The molecule has 2 atom stereocenters. The van der Waals surface area contributed by atoms with Crippen molar-refractivity contribution in [1.29, 1.82) is 0 Å². The number of benzene rings is 2. The molecule has 1 aliphatic rings. The number of anilines is 1. The SMILES string of the molecule is CC[C@@H]1OCC[C@H]1NC(=O)Nc1ccc(Oc2ccccc2C(N)=O)cc1. The van der Waals surface area contributed by atoms with Crippen molar-refractivity contribution in [2.45, 2.75) is 31.9 Å². The number of para-hydroxylation sites is 1. The van der Waals surface area contributed by atoms with Crippen LogP contribution < -0.4 is 21.1 Å². The zero-order valence-electron chi connectivity index (χ0n) is 15.1. The summed E-state index contributed by atoms with van der Waals surface area (Å²) in [5.74, 6) is 0.363. The van der Waals surface area contributed by atoms with E-state index in [0.29, 0.717) is 29.4 Å². The molecule has 0 saturated carbocycles. The van der Waals surface area contributed by atoms with Gasteiger partial charge in [0.15, 0.2) is 0 Å². The Hall–Kier alpha value is -3.06. The first kappa shape index (κ1) is 18.7. The third-order valence-electron chi connectivity index (χ3n) is 4.42. The third kappa shape index (κ3) is 4.77. The molecule has 0 radical (unpaired) electrons. The van der Waals surface area contributed by atoms with E-state index < -0.39 is 5.91 Å². The van der Waals surface area contributed by atoms with Crippen molar-refractivity contribution in [2.24, 2.45) is 5.73 Å². The highest BCUT2D eigenvalue weighted by Crippen LogP contribution is 2.26. The summed E-state index contributed by atoms with van der Waals surface area (Å²) in [5, 5.41) is 5.74. The molecule has 0 spiro atoms. The molecule has 3 amide bonds. The van der Waals surface area contributed by atoms with E-state index in [0.717, 1.165) is 12.8 Å². The van der Waals surface area contributed by atoms with Crippen molar-refractivity contribution in [3.63, 3.8) is 0 Å². The third-order valence-corrected chi connectivity index (χ3v) is 4.42. The molecule has 0 aromatic heterocycles. The van der Waals surface area contributed by atoms with Crippen molar-refractivity contribution < 1.29 is 19.1 Å². The van der Waals surface area contributed by atoms with Gasteiger partial charge in [-0.25, -0.2) is 4.79 Å². The van der Waals surface area contributed by atoms with E-state index in [2.05, 4.69) is 10.6 Å². The number of carbonyl (C=O) groups is 2. The summed E-state index contributed by atoms with van der Waals surface area (Å²) >= 11 is 0. The zero-order valence-corrected chi connectivity index (χ0v) is 15.1. The summed E-state index contributed by atoms with van der Waals surface area (Å²) in [5.41, 5.74) is 6.29. The van der Waals surface area contributed by atoms with Gasteiger partial charge in [0, 0.05) is 12.3 Å². The molecule has 27 heavy (non-hydrogen) atoms. The van der Waals surface area contributed by atoms with Gasteiger partial charge < -0.3 is 25.8 Å². The van der Waals surface area contributed by atoms with E-state index >= 15 is 0 Å². The Bertz CT molecular complexity index is 807. The van der Waals surface area contributed by atoms with Crippen molar-refractivity contribution in [2.75, 3.05) is 11.9 Å². The Morgan fingerprint density at radius 1 is 1.19 bits per heavy atom. The molecular weight excluding hydrogens is 346 g/mol. The largest absolute Gasteiger partial charge is 0.457 e. The van der Waals surface area contributed by atoms with Crippen LogP contribution in [0.3, 0.4) is 0 Å². The maximum absolute atomic E-state index is 12.2. The fourth-order valence-corrected chi connectivity index (χ4v) is 3.04. The van der Waals surface area contributed by atoms with Crippen molar-refractivity contribution in [3.8, 4) is 11.5 Å². The van der Waals surface area contributed by atoms with Gasteiger partial charge in [0.25, 0.3) is 5.91 Å². The van der Waals surface area contributed by atoms with E-state index in [-0.39, 0.29) is 18.2 Å². The van der Waals surface area contributed by atoms with Gasteiger partial charge in [-0.2, -0.15) is 0 Å². The van der Waals surface area contributed by atoms with Gasteiger partial charge in [0.05, 0.1) is 17.7 Å². The van der Waals surface area contributed by atoms with Crippen molar-refractivity contribution in [1.82, 2.24) is 5.32 Å². The second kappa shape index (κ2) is 8.55. The Kier molecular flexibility index (Phi) is 5.93. The molecule has 0 bridgehead atoms. The standard InChI is InChI=1S/C20H23N3O4/c1-2-17-16(11-12-26-17)23-20(25)22-13-7-9-14(10-8-13)27-18-6-4-3-5-15(18)19(21)24/h3-10,16-17H,2,11-12H2,1H3,(H2,21,24)(H2,22,23,25)/t16-,17+/m1/s1. The predicted octanol–water partition coefficient (Wildman–Crippen LogP) is 3.27. The minimum absolute atomic E-state index is 0.0305. The number of nitrogens with one attached hydrogen (secondary N) is 2. The molecule has 0 aliphatic carbocycles. The van der Waals surface area contributed by atoms with Crippen LogP contribution in [0.15, 0.2) is 48.5 Å². The van der Waals surface area contributed by atoms with Crippen LogP contribution in [0, 0.1) is 0 Å². The first-order chi connectivity index (χ1) is 13.1. The van der Waals surface area contributed by atoms with Gasteiger partial charge in [-0.05, 0) is 49.2 Å². The lowest BCUT2D eigenvalue weighted by Crippen LogP contribution is -2.42. The van der Waals surface area contributed by atoms with E-state index in [9.17, 15) is 9.59 Å². The molecule has 1 saturated heterocycles. The minimum atomic E-state index is -0.554. The van der Waals surface area contributed by atoms with Gasteiger partial charge in [0.1, 0.15) is 11.5 Å². The molecule has 1 fully saturated rings. The van der Waals surface area contributed by atoms with Gasteiger partial charge >= 0.3 is 6.03 Å². The number of nitrogens with two attached hydrogens (primary N) is 1. The monoisotopic (exact) mass is 369 g/mol. The van der Waals surface area contributed by atoms with Crippen LogP contribution in [0.25, 0.3) is 0 Å². The topological polar surface area (TPSA) is 103 Å². The lowest BCUT2D eigenvalue weighted by atomic mass is 10.1. The maximum Gasteiger partial charge on any atom is 0.319 e. The van der Waals surface area contributed by atoms with Crippen molar-refractivity contribution >= 4 is 17.6 Å². The molecule has 3 rings (SSSR count). The lowest BCUT2D eigenvalue weighted by Gasteiger charge is -2.18. The second-order valence-corrected chi connectivity index (χ2v) is 6.30. The predicted molar refractivity (Wildman–Crippen MR) is 102 cm³/mol. The van der Waals surface area contributed by atoms with E-state index in [1.54, 1.807) is 48.5 Å². The van der Waals surface area contributed by atoms with Crippen LogP contribution in [0.5, 0.6) is 11.5 Å². The summed E-state index contributed by atoms with van der Waals surface area (Å²) < 4.78 is 11.3. The van der Waals surface area contributed by atoms with Gasteiger partial charge in [-0.3, -0.25) is 4.79 Å². The van der Waals surface area contributed by atoms with Crippen LogP contribution in [-0.2, 0) is 4.74 Å². The molecular formula is C20H23N3O4. The average Bonchev–Trinajstić information content (AvgIpc) is 3.10. The molecule has 2 aromatic carbocycles. The summed E-state index contributed by atoms with van der Waals surface area (Å²) in [6.45, 7) is 2.71. The average molecular weight is 369 g/mol. The summed E-state index contributed by atoms with van der Waals surface area (Å²) in [7, 11) is 0. The number of primary amides is 1. The van der Waals surface area contributed by atoms with E-state index in [1.807, 2.05) is 6.92 Å². The number of amides is 3. The summed E-state index contributed by atoms with van der Waals surface area (Å²) in [4.78, 5) is 23.6. The minimum Gasteiger partial charge on any atom is -0.457 e. The zero-order chi connectivity index (χ0) is 19.2. The lowest BCUT2D eigenvalue weighted by molar-refractivity contribution is 0.0970. The van der Waals surface area contributed by atoms with Crippen molar-refractivity contribution in [3.05, 3.63) is 54.1 Å². The van der Waals surface area contributed by atoms with E-state index in [1.165, 1.54) is 0 Å². The Morgan fingerprint density at radius 3 is 2.63 bits per heavy atom. The molecule has 0 unspecified atom stereocenters. The number of ether oxygens (including phenoxy) is 2. The number of rotatable bonds is 6. The van der Waals surface area contributed by atoms with Crippen LogP contribution in [0.4, 0.5) is 10.5 Å². The van der Waals surface area contributed by atoms with Gasteiger partial charge in [-0.1, -0.05) is 19.1 Å². The summed E-state index contributed by atoms with van der Waals surface area (Å²) in [6.07, 6.45) is 1.75. The van der Waals surface area contributed by atoms with Gasteiger partial charge in [-0.15, -0.1) is 0 Å². The molecule has 4 N–H and O–H groups in total. The quantitative estimate of drug-likeness (QED) is 0.727. The highest BCUT2D eigenvalue weighted by atomic mass is 16.5. The van der Waals surface area contributed by atoms with Crippen LogP contribution in [-0.4, -0.2) is 30.7 Å². The first-order valence-corrected chi connectivity index (χ1v) is 8.92. The first-order valence-electron chi connectivity index (χ1n) is 8.92. The number of urea groups is 1. The van der Waals surface area contributed by atoms with Crippen LogP contribution in [0.2, 0.25) is 0 Å². The molecule has 7 heteroatoms. The fraction of sp³-hybridized carbons (Fsp3) is 0.300. The normalized spacial score (nSPS) is 18.7. The molecule has 7 nitrogen and oxygen atoms in total. The molecule has 142 valence electrons. The van der Waals surface area contributed by atoms with E-state index in [4.69, 9.17) is 15.2 Å². The number of hydrogen-bond donors (Lipinski definition) is 3. The maximum atomic E-state index is 12.2. The number of carbonyl (C=O) groups excluding carboxylic acids is 2. The van der Waals surface area contributed by atoms with Crippen LogP contribution in [0.1, 0.15) is 30.1 Å².